The van der Waals surface area contributed by atoms with E-state index in [-0.39, 0.29) is 12.0 Å². The van der Waals surface area contributed by atoms with Crippen molar-refractivity contribution in [1.82, 2.24) is 4.57 Å². The molecule has 0 spiro atoms. The van der Waals surface area contributed by atoms with Crippen LogP contribution in [0.2, 0.25) is 0 Å². The molecule has 1 rings (SSSR count). The Kier molecular flexibility index (Phi) is 3.32. The molecule has 0 aliphatic rings. The first-order chi connectivity index (χ1) is 6.57. The highest BCUT2D eigenvalue weighted by atomic mass is 16.3. The zero-order chi connectivity index (χ0) is 10.6. The van der Waals surface area contributed by atoms with Gasteiger partial charge in [-0.3, -0.25) is 0 Å². The van der Waals surface area contributed by atoms with Crippen LogP contribution in [0, 0.1) is 16.7 Å². The third kappa shape index (κ3) is 2.90. The van der Waals surface area contributed by atoms with Gasteiger partial charge in [0.2, 0.25) is 0 Å². The fraction of sp³-hybridized carbons (Fsp3) is 0.545. The van der Waals surface area contributed by atoms with Crippen LogP contribution in [0.5, 0.6) is 0 Å². The van der Waals surface area contributed by atoms with E-state index in [1.807, 2.05) is 36.9 Å². The van der Waals surface area contributed by atoms with Crippen LogP contribution in [0.1, 0.15) is 25.8 Å². The van der Waals surface area contributed by atoms with E-state index in [2.05, 4.69) is 6.07 Å². The van der Waals surface area contributed by atoms with E-state index in [0.29, 0.717) is 0 Å². The Morgan fingerprint density at radius 3 is 2.79 bits per heavy atom. The highest BCUT2D eigenvalue weighted by Gasteiger charge is 2.15. The number of hydrogen-bond acceptors (Lipinski definition) is 2. The lowest BCUT2D eigenvalue weighted by molar-refractivity contribution is 0.281. The molecule has 0 amide bonds. The lowest BCUT2D eigenvalue weighted by Gasteiger charge is -2.14. The van der Waals surface area contributed by atoms with Crippen molar-refractivity contribution in [3.05, 3.63) is 24.0 Å². The Balaban J connectivity index is 2.50. The number of aliphatic hydroxyl groups excluding tert-OH is 1. The Morgan fingerprint density at radius 2 is 2.29 bits per heavy atom. The molecular weight excluding hydrogens is 176 g/mol. The van der Waals surface area contributed by atoms with Gasteiger partial charge >= 0.3 is 0 Å². The smallest absolute Gasteiger partial charge is 0.0696 e. The molecule has 0 bridgehead atoms. The monoisotopic (exact) mass is 192 g/mol. The quantitative estimate of drug-likeness (QED) is 0.792. The molecular formula is C11H16N2O. The van der Waals surface area contributed by atoms with E-state index in [4.69, 9.17) is 10.4 Å². The first-order valence-corrected chi connectivity index (χ1v) is 4.74. The Hall–Kier alpha value is -1.27. The Bertz CT molecular complexity index is 333. The molecule has 0 fully saturated rings. The number of aryl methyl sites for hydroxylation is 1. The van der Waals surface area contributed by atoms with Gasteiger partial charge < -0.3 is 9.67 Å². The highest BCUT2D eigenvalue weighted by Crippen LogP contribution is 2.19. The minimum Gasteiger partial charge on any atom is -0.392 e. The van der Waals surface area contributed by atoms with Crippen molar-refractivity contribution in [2.75, 3.05) is 0 Å². The second-order valence-corrected chi connectivity index (χ2v) is 4.16. The summed E-state index contributed by atoms with van der Waals surface area (Å²) in [6.07, 6.45) is 4.66. The average Bonchev–Trinajstić information content (AvgIpc) is 2.63. The van der Waals surface area contributed by atoms with Gasteiger partial charge in [0.25, 0.3) is 0 Å². The molecule has 1 heterocycles. The van der Waals surface area contributed by atoms with Crippen molar-refractivity contribution in [3.63, 3.8) is 0 Å². The molecule has 0 atom stereocenters. The van der Waals surface area contributed by atoms with Crippen LogP contribution in [0.4, 0.5) is 0 Å². The summed E-state index contributed by atoms with van der Waals surface area (Å²) in [4.78, 5) is 0. The van der Waals surface area contributed by atoms with Gasteiger partial charge in [0, 0.05) is 18.9 Å². The van der Waals surface area contributed by atoms with E-state index in [9.17, 15) is 0 Å². The fourth-order valence-electron chi connectivity index (χ4n) is 1.19. The lowest BCUT2D eigenvalue weighted by Crippen LogP contribution is -2.11. The third-order valence-corrected chi connectivity index (χ3v) is 2.29. The van der Waals surface area contributed by atoms with Crippen LogP contribution in [0.25, 0.3) is 0 Å². The van der Waals surface area contributed by atoms with Gasteiger partial charge in [-0.25, -0.2) is 0 Å². The van der Waals surface area contributed by atoms with Crippen LogP contribution < -0.4 is 0 Å². The molecule has 3 nitrogen and oxygen atoms in total. The summed E-state index contributed by atoms with van der Waals surface area (Å²) in [7, 11) is 0. The van der Waals surface area contributed by atoms with E-state index in [1.54, 1.807) is 0 Å². The Morgan fingerprint density at radius 1 is 1.57 bits per heavy atom. The molecule has 1 aromatic heterocycles. The summed E-state index contributed by atoms with van der Waals surface area (Å²) in [5.74, 6) is 0. The molecule has 0 saturated heterocycles. The van der Waals surface area contributed by atoms with Crippen LogP contribution >= 0.6 is 0 Å². The maximum absolute atomic E-state index is 8.86. The molecule has 0 aliphatic heterocycles. The van der Waals surface area contributed by atoms with Crippen molar-refractivity contribution < 1.29 is 5.11 Å². The van der Waals surface area contributed by atoms with Crippen LogP contribution in [0.15, 0.2) is 18.5 Å². The predicted molar refractivity (Wildman–Crippen MR) is 54.4 cm³/mol. The number of aliphatic hydroxyl groups is 1. The zero-order valence-electron chi connectivity index (χ0n) is 8.70. The fourth-order valence-corrected chi connectivity index (χ4v) is 1.19. The third-order valence-electron chi connectivity index (χ3n) is 2.29. The van der Waals surface area contributed by atoms with Gasteiger partial charge in [-0.15, -0.1) is 0 Å². The van der Waals surface area contributed by atoms with Gasteiger partial charge in [0.05, 0.1) is 18.1 Å². The SMILES string of the molecule is CC(C)(C#N)CCn1ccc(CO)c1. The van der Waals surface area contributed by atoms with Gasteiger partial charge in [0.15, 0.2) is 0 Å². The molecule has 0 saturated carbocycles. The largest absolute Gasteiger partial charge is 0.392 e. The van der Waals surface area contributed by atoms with E-state index in [0.717, 1.165) is 18.5 Å². The lowest BCUT2D eigenvalue weighted by atomic mass is 9.91. The van der Waals surface area contributed by atoms with Crippen LogP contribution in [0.3, 0.4) is 0 Å². The van der Waals surface area contributed by atoms with Gasteiger partial charge in [0.1, 0.15) is 0 Å². The van der Waals surface area contributed by atoms with Gasteiger partial charge in [-0.05, 0) is 31.9 Å². The van der Waals surface area contributed by atoms with Gasteiger partial charge in [-0.2, -0.15) is 5.26 Å². The first kappa shape index (κ1) is 10.8. The maximum atomic E-state index is 8.86. The number of nitriles is 1. The number of hydrogen-bond donors (Lipinski definition) is 1. The van der Waals surface area contributed by atoms with E-state index >= 15 is 0 Å². The molecule has 1 N–H and O–H groups in total. The maximum Gasteiger partial charge on any atom is 0.0696 e. The molecule has 76 valence electrons. The Labute approximate surface area is 84.6 Å². The molecule has 3 heteroatoms. The number of aromatic nitrogens is 1. The highest BCUT2D eigenvalue weighted by molar-refractivity contribution is 5.08. The first-order valence-electron chi connectivity index (χ1n) is 4.74. The normalized spacial score (nSPS) is 11.3. The summed E-state index contributed by atoms with van der Waals surface area (Å²) in [6.45, 7) is 4.77. The van der Waals surface area contributed by atoms with Crippen molar-refractivity contribution in [1.29, 1.82) is 5.26 Å². The summed E-state index contributed by atoms with van der Waals surface area (Å²) < 4.78 is 2.00. The number of nitrogens with zero attached hydrogens (tertiary/aromatic N) is 2. The van der Waals surface area contributed by atoms with Crippen molar-refractivity contribution >= 4 is 0 Å². The second kappa shape index (κ2) is 4.30. The standard InChI is InChI=1S/C11H16N2O/c1-11(2,9-12)4-6-13-5-3-10(7-13)8-14/h3,5,7,14H,4,6,8H2,1-2H3. The molecule has 0 radical (unpaired) electrons. The summed E-state index contributed by atoms with van der Waals surface area (Å²) in [5.41, 5.74) is 0.642. The topological polar surface area (TPSA) is 49.0 Å². The van der Waals surface area contributed by atoms with E-state index < -0.39 is 0 Å². The summed E-state index contributed by atoms with van der Waals surface area (Å²) in [5, 5.41) is 17.7. The predicted octanol–water partition coefficient (Wildman–Crippen LogP) is 1.92. The minimum absolute atomic E-state index is 0.0780. The zero-order valence-corrected chi connectivity index (χ0v) is 8.70. The van der Waals surface area contributed by atoms with Crippen molar-refractivity contribution in [3.8, 4) is 6.07 Å². The van der Waals surface area contributed by atoms with Crippen LogP contribution in [-0.2, 0) is 13.2 Å². The molecule has 14 heavy (non-hydrogen) atoms. The summed E-state index contributed by atoms with van der Waals surface area (Å²) in [6, 6.07) is 4.16. The second-order valence-electron chi connectivity index (χ2n) is 4.16. The van der Waals surface area contributed by atoms with Crippen LogP contribution in [-0.4, -0.2) is 9.67 Å². The molecule has 0 aliphatic carbocycles. The average molecular weight is 192 g/mol. The van der Waals surface area contributed by atoms with Gasteiger partial charge in [-0.1, -0.05) is 0 Å². The molecule has 1 aromatic rings. The van der Waals surface area contributed by atoms with Crippen molar-refractivity contribution in [2.24, 2.45) is 5.41 Å². The minimum atomic E-state index is -0.274. The molecule has 0 unspecified atom stereocenters. The summed E-state index contributed by atoms with van der Waals surface area (Å²) >= 11 is 0. The van der Waals surface area contributed by atoms with Crippen molar-refractivity contribution in [2.45, 2.75) is 33.4 Å². The molecule has 0 aromatic carbocycles. The number of rotatable bonds is 4. The van der Waals surface area contributed by atoms with E-state index in [1.165, 1.54) is 0 Å².